The van der Waals surface area contributed by atoms with Crippen LogP contribution in [-0.2, 0) is 26.7 Å². The Kier molecular flexibility index (Phi) is 5.65. The monoisotopic (exact) mass is 463 g/mol. The van der Waals surface area contributed by atoms with Crippen LogP contribution in [0.3, 0.4) is 0 Å². The van der Waals surface area contributed by atoms with Gasteiger partial charge in [-0.25, -0.2) is 9.78 Å². The predicted molar refractivity (Wildman–Crippen MR) is 118 cm³/mol. The highest BCUT2D eigenvalue weighted by Crippen LogP contribution is 2.34. The number of fused-ring (bicyclic) bond motifs is 1. The van der Waals surface area contributed by atoms with Gasteiger partial charge in [0.15, 0.2) is 5.82 Å². The van der Waals surface area contributed by atoms with Gasteiger partial charge in [-0.2, -0.15) is 9.36 Å². The minimum Gasteiger partial charge on any atom is -0.454 e. The number of ether oxygens (including phenoxy) is 2. The molecule has 0 saturated carbocycles. The highest BCUT2D eigenvalue weighted by Gasteiger charge is 2.36. The first-order valence-corrected chi connectivity index (χ1v) is 12.6. The summed E-state index contributed by atoms with van der Waals surface area (Å²) in [5, 5.41) is 0. The molecule has 0 radical (unpaired) electrons. The van der Waals surface area contributed by atoms with Crippen molar-refractivity contribution in [2.45, 2.75) is 43.2 Å². The Morgan fingerprint density at radius 2 is 2.10 bits per heavy atom. The minimum absolute atomic E-state index is 0.197. The molecule has 2 saturated heterocycles. The zero-order chi connectivity index (χ0) is 21.5. The molecule has 2 aromatic rings. The Balaban J connectivity index is 1.31. The molecule has 5 rings (SSSR count). The molecule has 11 heteroatoms. The second-order valence-electron chi connectivity index (χ2n) is 8.14. The van der Waals surface area contributed by atoms with Crippen LogP contribution in [0, 0.1) is 6.92 Å². The zero-order valence-corrected chi connectivity index (χ0v) is 19.2. The molecule has 0 N–H and O–H groups in total. The number of aryl methyl sites for hydroxylation is 2. The molecular weight excluding hydrogens is 438 g/mol. The van der Waals surface area contributed by atoms with Gasteiger partial charge < -0.3 is 19.3 Å². The quantitative estimate of drug-likeness (QED) is 0.612. The lowest BCUT2D eigenvalue weighted by atomic mass is 10.1. The third-order valence-electron chi connectivity index (χ3n) is 5.96. The van der Waals surface area contributed by atoms with Crippen molar-refractivity contribution in [3.05, 3.63) is 22.3 Å². The van der Waals surface area contributed by atoms with E-state index in [4.69, 9.17) is 19.4 Å². The maximum absolute atomic E-state index is 12.7. The summed E-state index contributed by atoms with van der Waals surface area (Å²) >= 11 is 1.16. The molecule has 3 aliphatic heterocycles. The van der Waals surface area contributed by atoms with E-state index < -0.39 is 10.8 Å². The Morgan fingerprint density at radius 1 is 1.32 bits per heavy atom. The van der Waals surface area contributed by atoms with Crippen LogP contribution in [-0.4, -0.2) is 75.8 Å². The van der Waals surface area contributed by atoms with Crippen molar-refractivity contribution in [1.82, 2.24) is 14.3 Å². The number of carbonyl (C=O) groups is 1. The van der Waals surface area contributed by atoms with E-state index in [9.17, 15) is 9.00 Å². The lowest BCUT2D eigenvalue weighted by Gasteiger charge is -2.39. The van der Waals surface area contributed by atoms with Gasteiger partial charge >= 0.3 is 5.97 Å². The summed E-state index contributed by atoms with van der Waals surface area (Å²) in [6.45, 7) is 4.41. The Bertz CT molecular complexity index is 1020. The van der Waals surface area contributed by atoms with Gasteiger partial charge in [-0.1, -0.05) is 0 Å². The van der Waals surface area contributed by atoms with Crippen LogP contribution < -0.4 is 9.80 Å². The molecule has 1 atom stereocenters. The number of hydrogen-bond acceptors (Lipinski definition) is 10. The molecule has 31 heavy (non-hydrogen) atoms. The second kappa shape index (κ2) is 8.44. The van der Waals surface area contributed by atoms with Crippen molar-refractivity contribution in [2.75, 3.05) is 48.9 Å². The average molecular weight is 464 g/mol. The van der Waals surface area contributed by atoms with Crippen LogP contribution >= 0.6 is 11.5 Å². The predicted octanol–water partition coefficient (Wildman–Crippen LogP) is 1.57. The Morgan fingerprint density at radius 3 is 2.81 bits per heavy atom. The molecule has 2 aromatic heterocycles. The van der Waals surface area contributed by atoms with E-state index in [1.54, 1.807) is 6.07 Å². The van der Waals surface area contributed by atoms with E-state index in [0.29, 0.717) is 42.1 Å². The third kappa shape index (κ3) is 4.06. The summed E-state index contributed by atoms with van der Waals surface area (Å²) < 4.78 is 27.9. The molecule has 0 bridgehead atoms. The summed E-state index contributed by atoms with van der Waals surface area (Å²) in [6.07, 6.45) is 2.35. The standard InChI is InChI=1S/C20H25N5O4S2/c1-12-9-16(30-23-12)19(26)29-14-10-25(11-14)20-21-15-5-8-31(27)17(15)18(22-20)24(2)13-3-6-28-7-4-13/h9,13-14H,3-8,10-11H2,1-2H3. The molecule has 0 amide bonds. The van der Waals surface area contributed by atoms with Crippen LogP contribution in [0.5, 0.6) is 0 Å². The maximum Gasteiger partial charge on any atom is 0.350 e. The van der Waals surface area contributed by atoms with Gasteiger partial charge in [0.05, 0.1) is 35.3 Å². The second-order valence-corrected chi connectivity index (χ2v) is 10.5. The first-order valence-electron chi connectivity index (χ1n) is 10.5. The summed E-state index contributed by atoms with van der Waals surface area (Å²) in [6, 6.07) is 2.05. The van der Waals surface area contributed by atoms with Gasteiger partial charge in [0.25, 0.3) is 0 Å². The highest BCUT2D eigenvalue weighted by atomic mass is 32.2. The summed E-state index contributed by atoms with van der Waals surface area (Å²) in [5.41, 5.74) is 1.69. The SMILES string of the molecule is Cc1cc(C(=O)OC2CN(c3nc4c(c(N(C)C5CCOCC5)n3)S(=O)CC4)C2)sn1. The molecule has 1 unspecified atom stereocenters. The van der Waals surface area contributed by atoms with Crippen molar-refractivity contribution >= 4 is 40.1 Å². The lowest BCUT2D eigenvalue weighted by molar-refractivity contribution is 0.0237. The third-order valence-corrected chi connectivity index (χ3v) is 8.27. The summed E-state index contributed by atoms with van der Waals surface area (Å²) in [5.74, 6) is 1.65. The van der Waals surface area contributed by atoms with E-state index in [0.717, 1.165) is 59.7 Å². The van der Waals surface area contributed by atoms with Crippen molar-refractivity contribution in [2.24, 2.45) is 0 Å². The number of hydrogen-bond donors (Lipinski definition) is 0. The minimum atomic E-state index is -1.06. The average Bonchev–Trinajstić information content (AvgIpc) is 3.35. The van der Waals surface area contributed by atoms with Gasteiger partial charge in [0.2, 0.25) is 5.95 Å². The number of anilines is 2. The largest absolute Gasteiger partial charge is 0.454 e. The molecular formula is C20H25N5O4S2. The van der Waals surface area contributed by atoms with Crippen LogP contribution in [0.4, 0.5) is 11.8 Å². The number of rotatable bonds is 5. The van der Waals surface area contributed by atoms with Gasteiger partial charge in [0, 0.05) is 38.5 Å². The van der Waals surface area contributed by atoms with Crippen molar-refractivity contribution in [3.8, 4) is 0 Å². The van der Waals surface area contributed by atoms with E-state index in [-0.39, 0.29) is 12.1 Å². The van der Waals surface area contributed by atoms with E-state index >= 15 is 0 Å². The van der Waals surface area contributed by atoms with Gasteiger partial charge in [-0.3, -0.25) is 4.21 Å². The fourth-order valence-corrected chi connectivity index (χ4v) is 6.16. The molecule has 9 nitrogen and oxygen atoms in total. The number of carbonyl (C=O) groups excluding carboxylic acids is 1. The zero-order valence-electron chi connectivity index (χ0n) is 17.6. The number of nitrogens with zero attached hydrogens (tertiary/aromatic N) is 5. The lowest BCUT2D eigenvalue weighted by Crippen LogP contribution is -2.54. The highest BCUT2D eigenvalue weighted by molar-refractivity contribution is 7.85. The molecule has 0 aliphatic carbocycles. The van der Waals surface area contributed by atoms with E-state index in [1.165, 1.54) is 0 Å². The van der Waals surface area contributed by atoms with Gasteiger partial charge in [-0.05, 0) is 37.4 Å². The molecule has 5 heterocycles. The molecule has 0 aromatic carbocycles. The Hall–Kier alpha value is -2.11. The fourth-order valence-electron chi connectivity index (χ4n) is 4.14. The van der Waals surface area contributed by atoms with Crippen LogP contribution in [0.2, 0.25) is 0 Å². The smallest absolute Gasteiger partial charge is 0.350 e. The fraction of sp³-hybridized carbons (Fsp3) is 0.600. The van der Waals surface area contributed by atoms with E-state index in [1.807, 2.05) is 18.9 Å². The Labute approximate surface area is 187 Å². The summed E-state index contributed by atoms with van der Waals surface area (Å²) in [7, 11) is 0.959. The van der Waals surface area contributed by atoms with Crippen LogP contribution in [0.15, 0.2) is 11.0 Å². The summed E-state index contributed by atoms with van der Waals surface area (Å²) in [4.78, 5) is 27.3. The van der Waals surface area contributed by atoms with Crippen molar-refractivity contribution < 1.29 is 18.5 Å². The van der Waals surface area contributed by atoms with Crippen molar-refractivity contribution in [3.63, 3.8) is 0 Å². The molecule has 0 spiro atoms. The normalized spacial score (nSPS) is 21.6. The van der Waals surface area contributed by atoms with Gasteiger partial charge in [0.1, 0.15) is 15.9 Å². The first-order chi connectivity index (χ1) is 15.0. The molecule has 166 valence electrons. The van der Waals surface area contributed by atoms with Crippen LogP contribution in [0.25, 0.3) is 0 Å². The first kappa shape index (κ1) is 20.8. The van der Waals surface area contributed by atoms with E-state index in [2.05, 4.69) is 9.27 Å². The van der Waals surface area contributed by atoms with Crippen molar-refractivity contribution in [1.29, 1.82) is 0 Å². The topological polar surface area (TPSA) is 97.8 Å². The van der Waals surface area contributed by atoms with Gasteiger partial charge in [-0.15, -0.1) is 0 Å². The number of esters is 1. The maximum atomic E-state index is 12.7. The molecule has 2 fully saturated rings. The van der Waals surface area contributed by atoms with Crippen LogP contribution in [0.1, 0.15) is 33.9 Å². The number of aromatic nitrogens is 3. The molecule has 3 aliphatic rings.